The second kappa shape index (κ2) is 13.4. The van der Waals surface area contributed by atoms with Crippen LogP contribution in [0, 0.1) is 0 Å². The third-order valence-electron chi connectivity index (χ3n) is 11.1. The Morgan fingerprint density at radius 1 is 0.316 bits per heavy atom. The smallest absolute Gasteiger partial charge is 0.179 e. The van der Waals surface area contributed by atoms with E-state index in [2.05, 4.69) is 140 Å². The lowest BCUT2D eigenvalue weighted by atomic mass is 10.0. The van der Waals surface area contributed by atoms with E-state index in [-0.39, 0.29) is 0 Å². The van der Waals surface area contributed by atoms with Crippen LogP contribution in [-0.4, -0.2) is 23.0 Å². The van der Waals surface area contributed by atoms with Gasteiger partial charge in [0.25, 0.3) is 0 Å². The van der Waals surface area contributed by atoms with Crippen LogP contribution in [-0.2, 0) is 0 Å². The molecule has 5 nitrogen and oxygen atoms in total. The van der Waals surface area contributed by atoms with Crippen LogP contribution in [0.25, 0.3) is 78.0 Å². The van der Waals surface area contributed by atoms with Crippen molar-refractivity contribution in [2.24, 2.45) is 0 Å². The molecule has 0 amide bonds. The molecule has 0 fully saturated rings. The number of fused-ring (bicyclic) bond motifs is 6. The van der Waals surface area contributed by atoms with E-state index in [1.54, 1.807) is 0 Å². The molecule has 0 N–H and O–H groups in total. The summed E-state index contributed by atoms with van der Waals surface area (Å²) in [6.07, 6.45) is 0. The summed E-state index contributed by atoms with van der Waals surface area (Å²) in [5.74, 6) is 1.73. The molecule has 0 aliphatic carbocycles. The standard InChI is InChI=1S/C51H33N3O2Si/c1-4-18-35(19-5-1)57(36-20-6-2-7-21-36,37-22-8-3-9-23-37)38-24-14-17-34(33-38)49-52-50(41-27-15-31-45-47(41)39-25-10-12-29-43(39)55-45)54-51(53-49)42-28-16-32-46-48(42)40-26-11-13-30-44(40)56-46/h1-33H. The van der Waals surface area contributed by atoms with Gasteiger partial charge in [-0.05, 0) is 45.0 Å². The van der Waals surface area contributed by atoms with E-state index in [1.807, 2.05) is 60.7 Å². The Hall–Kier alpha value is -7.41. The molecule has 8 aromatic carbocycles. The van der Waals surface area contributed by atoms with E-state index in [0.717, 1.165) is 60.6 Å². The molecule has 11 aromatic rings. The number of aromatic nitrogens is 3. The molecule has 0 radical (unpaired) electrons. The van der Waals surface area contributed by atoms with Gasteiger partial charge in [0.1, 0.15) is 22.3 Å². The van der Waals surface area contributed by atoms with Gasteiger partial charge >= 0.3 is 0 Å². The fourth-order valence-electron chi connectivity index (χ4n) is 8.62. The van der Waals surface area contributed by atoms with Crippen LogP contribution >= 0.6 is 0 Å². The molecule has 268 valence electrons. The Balaban J connectivity index is 1.20. The van der Waals surface area contributed by atoms with Gasteiger partial charge in [-0.15, -0.1) is 0 Å². The summed E-state index contributed by atoms with van der Waals surface area (Å²) in [6.45, 7) is 0. The van der Waals surface area contributed by atoms with E-state index >= 15 is 0 Å². The van der Waals surface area contributed by atoms with Gasteiger partial charge in [-0.25, -0.2) is 15.0 Å². The normalized spacial score (nSPS) is 11.9. The van der Waals surface area contributed by atoms with Gasteiger partial charge in [0.2, 0.25) is 0 Å². The molecule has 0 atom stereocenters. The molecule has 0 saturated carbocycles. The zero-order chi connectivity index (χ0) is 37.8. The summed E-state index contributed by atoms with van der Waals surface area (Å²) in [4.78, 5) is 16.0. The third-order valence-corrected chi connectivity index (χ3v) is 15.9. The predicted octanol–water partition coefficient (Wildman–Crippen LogP) is 10.0. The molecular formula is C51H33N3O2Si. The Bertz CT molecular complexity index is 3020. The summed E-state index contributed by atoms with van der Waals surface area (Å²) in [6, 6.07) is 70.2. The quantitative estimate of drug-likeness (QED) is 0.120. The summed E-state index contributed by atoms with van der Waals surface area (Å²) >= 11 is 0. The average molecular weight is 748 g/mol. The molecule has 0 aliphatic heterocycles. The first-order valence-electron chi connectivity index (χ1n) is 19.1. The number of hydrogen-bond donors (Lipinski definition) is 0. The average Bonchev–Trinajstić information content (AvgIpc) is 3.87. The maximum Gasteiger partial charge on any atom is 0.179 e. The molecule has 0 aliphatic rings. The van der Waals surface area contributed by atoms with Crippen LogP contribution in [0.15, 0.2) is 209 Å². The zero-order valence-corrected chi connectivity index (χ0v) is 31.7. The van der Waals surface area contributed by atoms with Crippen molar-refractivity contribution in [3.05, 3.63) is 200 Å². The lowest BCUT2D eigenvalue weighted by molar-refractivity contribution is 0.668. The van der Waals surface area contributed by atoms with E-state index < -0.39 is 8.07 Å². The van der Waals surface area contributed by atoms with Gasteiger partial charge < -0.3 is 8.83 Å². The van der Waals surface area contributed by atoms with Gasteiger partial charge in [0, 0.05) is 38.2 Å². The first-order chi connectivity index (χ1) is 28.3. The number of rotatable bonds is 7. The van der Waals surface area contributed by atoms with Gasteiger partial charge in [0.15, 0.2) is 25.5 Å². The Morgan fingerprint density at radius 3 is 1.19 bits per heavy atom. The number of benzene rings is 8. The highest BCUT2D eigenvalue weighted by Crippen LogP contribution is 2.39. The second-order valence-corrected chi connectivity index (χ2v) is 18.1. The second-order valence-electron chi connectivity index (χ2n) is 14.3. The summed E-state index contributed by atoms with van der Waals surface area (Å²) in [5.41, 5.74) is 5.87. The number of furan rings is 2. The van der Waals surface area contributed by atoms with Crippen LogP contribution in [0.3, 0.4) is 0 Å². The minimum Gasteiger partial charge on any atom is -0.456 e. The van der Waals surface area contributed by atoms with Gasteiger partial charge in [-0.1, -0.05) is 176 Å². The molecule has 3 heterocycles. The van der Waals surface area contributed by atoms with Gasteiger partial charge in [-0.3, -0.25) is 0 Å². The van der Waals surface area contributed by atoms with Crippen molar-refractivity contribution in [2.45, 2.75) is 0 Å². The first-order valence-corrected chi connectivity index (χ1v) is 21.1. The molecule has 0 unspecified atom stereocenters. The largest absolute Gasteiger partial charge is 0.456 e. The molecular weight excluding hydrogens is 715 g/mol. The van der Waals surface area contributed by atoms with Crippen molar-refractivity contribution in [3.8, 4) is 34.2 Å². The maximum atomic E-state index is 6.34. The van der Waals surface area contributed by atoms with Crippen LogP contribution in [0.1, 0.15) is 0 Å². The summed E-state index contributed by atoms with van der Waals surface area (Å²) in [5, 5.41) is 9.11. The minimum atomic E-state index is -2.83. The number of para-hydroxylation sites is 2. The highest BCUT2D eigenvalue weighted by molar-refractivity contribution is 7.19. The van der Waals surface area contributed by atoms with Gasteiger partial charge in [0.05, 0.1) is 0 Å². The Kier molecular flexibility index (Phi) is 7.76. The predicted molar refractivity (Wildman–Crippen MR) is 234 cm³/mol. The van der Waals surface area contributed by atoms with E-state index in [4.69, 9.17) is 23.8 Å². The monoisotopic (exact) mass is 747 g/mol. The Morgan fingerprint density at radius 2 is 0.702 bits per heavy atom. The minimum absolute atomic E-state index is 0.569. The third kappa shape index (κ3) is 5.34. The fourth-order valence-corrected chi connectivity index (χ4v) is 13.4. The topological polar surface area (TPSA) is 65.0 Å². The molecule has 6 heteroatoms. The summed E-state index contributed by atoms with van der Waals surface area (Å²) < 4.78 is 12.7. The highest BCUT2D eigenvalue weighted by atomic mass is 28.3. The van der Waals surface area contributed by atoms with Gasteiger partial charge in [-0.2, -0.15) is 0 Å². The van der Waals surface area contributed by atoms with E-state index in [0.29, 0.717) is 17.5 Å². The molecule has 0 bridgehead atoms. The molecule has 57 heavy (non-hydrogen) atoms. The summed E-state index contributed by atoms with van der Waals surface area (Å²) in [7, 11) is -2.83. The fraction of sp³-hybridized carbons (Fsp3) is 0. The van der Waals surface area contributed by atoms with Crippen molar-refractivity contribution < 1.29 is 8.83 Å². The molecule has 0 spiro atoms. The van der Waals surface area contributed by atoms with Crippen molar-refractivity contribution >= 4 is 72.7 Å². The molecule has 0 saturated heterocycles. The first kappa shape index (κ1) is 33.0. The van der Waals surface area contributed by atoms with Crippen molar-refractivity contribution in [1.29, 1.82) is 0 Å². The number of hydrogen-bond acceptors (Lipinski definition) is 5. The van der Waals surface area contributed by atoms with Crippen LogP contribution in [0.2, 0.25) is 0 Å². The van der Waals surface area contributed by atoms with Crippen molar-refractivity contribution in [2.75, 3.05) is 0 Å². The number of nitrogens with zero attached hydrogens (tertiary/aromatic N) is 3. The SMILES string of the molecule is c1ccc([Si](c2ccccc2)(c2ccccc2)c2cccc(-c3nc(-c4cccc5oc6ccccc6c45)nc(-c4cccc5oc6ccccc6c45)n3)c2)cc1. The highest BCUT2D eigenvalue weighted by Gasteiger charge is 2.41. The van der Waals surface area contributed by atoms with Crippen LogP contribution < -0.4 is 20.7 Å². The van der Waals surface area contributed by atoms with Crippen molar-refractivity contribution in [3.63, 3.8) is 0 Å². The molecule has 3 aromatic heterocycles. The van der Waals surface area contributed by atoms with Crippen molar-refractivity contribution in [1.82, 2.24) is 15.0 Å². The molecule has 11 rings (SSSR count). The van der Waals surface area contributed by atoms with Crippen LogP contribution in [0.4, 0.5) is 0 Å². The lowest BCUT2D eigenvalue weighted by Crippen LogP contribution is -2.74. The Labute approximate surface area is 329 Å². The van der Waals surface area contributed by atoms with Crippen LogP contribution in [0.5, 0.6) is 0 Å². The maximum absolute atomic E-state index is 6.34. The zero-order valence-electron chi connectivity index (χ0n) is 30.7. The van der Waals surface area contributed by atoms with E-state index in [1.165, 1.54) is 20.7 Å². The lowest BCUT2D eigenvalue weighted by Gasteiger charge is -2.34. The van der Waals surface area contributed by atoms with E-state index in [9.17, 15) is 0 Å².